The number of hydrogen-bond acceptors (Lipinski definition) is 4. The van der Waals surface area contributed by atoms with Crippen molar-refractivity contribution < 1.29 is 0 Å². The van der Waals surface area contributed by atoms with Crippen LogP contribution in [0.1, 0.15) is 0 Å². The highest BCUT2D eigenvalue weighted by Crippen LogP contribution is 2.21. The molecule has 0 radical (unpaired) electrons. The number of halogens is 2. The summed E-state index contributed by atoms with van der Waals surface area (Å²) in [6.07, 6.45) is 4.87. The van der Waals surface area contributed by atoms with E-state index in [9.17, 15) is 0 Å². The van der Waals surface area contributed by atoms with E-state index in [2.05, 4.69) is 20.1 Å². The first-order chi connectivity index (χ1) is 8.25. The molecule has 0 aromatic carbocycles. The topological polar surface area (TPSA) is 56.5 Å². The van der Waals surface area contributed by atoms with Crippen molar-refractivity contribution in [3.05, 3.63) is 41.0 Å². The van der Waals surface area contributed by atoms with Crippen molar-refractivity contribution in [2.45, 2.75) is 0 Å². The third kappa shape index (κ3) is 1.73. The normalized spacial score (nSPS) is 10.9. The minimum absolute atomic E-state index is 0.159. The second-order valence-electron chi connectivity index (χ2n) is 3.28. The summed E-state index contributed by atoms with van der Waals surface area (Å²) in [5, 5.41) is 5.60. The van der Waals surface area contributed by atoms with Gasteiger partial charge in [0.25, 0.3) is 0 Å². The van der Waals surface area contributed by atoms with Crippen LogP contribution in [0.25, 0.3) is 16.9 Å². The van der Waals surface area contributed by atoms with Crippen LogP contribution in [-0.2, 0) is 0 Å². The summed E-state index contributed by atoms with van der Waals surface area (Å²) in [7, 11) is 0. The van der Waals surface area contributed by atoms with E-state index in [0.29, 0.717) is 16.5 Å². The zero-order chi connectivity index (χ0) is 11.8. The molecule has 0 atom stereocenters. The molecule has 0 saturated heterocycles. The van der Waals surface area contributed by atoms with Crippen LogP contribution in [0.4, 0.5) is 0 Å². The van der Waals surface area contributed by atoms with Crippen molar-refractivity contribution >= 4 is 34.2 Å². The zero-order valence-electron chi connectivity index (χ0n) is 8.38. The molecule has 3 rings (SSSR count). The molecule has 3 aromatic heterocycles. The molecule has 84 valence electrons. The summed E-state index contributed by atoms with van der Waals surface area (Å²) in [6, 6.07) is 3.49. The SMILES string of the molecule is Clc1ncc2cnn(-c3ncccc3Cl)c2n1. The monoisotopic (exact) mass is 265 g/mol. The lowest BCUT2D eigenvalue weighted by Gasteiger charge is -2.03. The number of hydrogen-bond donors (Lipinski definition) is 0. The minimum atomic E-state index is 0.159. The van der Waals surface area contributed by atoms with Gasteiger partial charge >= 0.3 is 0 Å². The first-order valence-corrected chi connectivity index (χ1v) is 5.48. The van der Waals surface area contributed by atoms with Crippen LogP contribution < -0.4 is 0 Å². The zero-order valence-corrected chi connectivity index (χ0v) is 9.89. The minimum Gasteiger partial charge on any atom is -0.236 e. The van der Waals surface area contributed by atoms with Crippen molar-refractivity contribution in [3.8, 4) is 5.82 Å². The first kappa shape index (κ1) is 10.4. The van der Waals surface area contributed by atoms with E-state index in [1.807, 2.05) is 0 Å². The fourth-order valence-electron chi connectivity index (χ4n) is 1.48. The quantitative estimate of drug-likeness (QED) is 0.635. The molecule has 5 nitrogen and oxygen atoms in total. The second kappa shape index (κ2) is 3.94. The number of fused-ring (bicyclic) bond motifs is 1. The van der Waals surface area contributed by atoms with Gasteiger partial charge in [0, 0.05) is 12.4 Å². The van der Waals surface area contributed by atoms with E-state index in [-0.39, 0.29) is 5.28 Å². The summed E-state index contributed by atoms with van der Waals surface area (Å²) in [6.45, 7) is 0. The number of pyridine rings is 1. The van der Waals surface area contributed by atoms with Gasteiger partial charge in [-0.2, -0.15) is 14.8 Å². The van der Waals surface area contributed by atoms with Gasteiger partial charge in [0.15, 0.2) is 11.5 Å². The molecule has 17 heavy (non-hydrogen) atoms. The molecule has 0 spiro atoms. The fraction of sp³-hybridized carbons (Fsp3) is 0. The third-order valence-electron chi connectivity index (χ3n) is 2.22. The van der Waals surface area contributed by atoms with Crippen molar-refractivity contribution in [1.29, 1.82) is 0 Å². The molecule has 0 bridgehead atoms. The van der Waals surface area contributed by atoms with Gasteiger partial charge in [-0.25, -0.2) is 9.97 Å². The number of rotatable bonds is 1. The Morgan fingerprint density at radius 3 is 2.82 bits per heavy atom. The Kier molecular flexibility index (Phi) is 2.42. The summed E-state index contributed by atoms with van der Waals surface area (Å²) in [4.78, 5) is 12.2. The van der Waals surface area contributed by atoms with Gasteiger partial charge in [-0.05, 0) is 23.7 Å². The van der Waals surface area contributed by atoms with Gasteiger partial charge < -0.3 is 0 Å². The van der Waals surface area contributed by atoms with Crippen LogP contribution in [0.5, 0.6) is 0 Å². The Morgan fingerprint density at radius 2 is 2.00 bits per heavy atom. The van der Waals surface area contributed by atoms with Gasteiger partial charge in [-0.3, -0.25) is 0 Å². The highest BCUT2D eigenvalue weighted by Gasteiger charge is 2.11. The highest BCUT2D eigenvalue weighted by atomic mass is 35.5. The fourth-order valence-corrected chi connectivity index (χ4v) is 1.82. The van der Waals surface area contributed by atoms with Crippen LogP contribution in [0, 0.1) is 0 Å². The van der Waals surface area contributed by atoms with Crippen LogP contribution in [0.2, 0.25) is 10.3 Å². The maximum absolute atomic E-state index is 6.06. The highest BCUT2D eigenvalue weighted by molar-refractivity contribution is 6.32. The lowest BCUT2D eigenvalue weighted by atomic mass is 10.4. The molecular weight excluding hydrogens is 261 g/mol. The third-order valence-corrected chi connectivity index (χ3v) is 2.70. The van der Waals surface area contributed by atoms with Crippen molar-refractivity contribution in [1.82, 2.24) is 24.7 Å². The average Bonchev–Trinajstić information content (AvgIpc) is 2.72. The van der Waals surface area contributed by atoms with Gasteiger partial charge in [0.2, 0.25) is 5.28 Å². The van der Waals surface area contributed by atoms with Gasteiger partial charge in [0.05, 0.1) is 16.6 Å². The Bertz CT molecular complexity index is 694. The molecule has 0 amide bonds. The van der Waals surface area contributed by atoms with E-state index in [0.717, 1.165) is 5.39 Å². The summed E-state index contributed by atoms with van der Waals surface area (Å²) in [5.41, 5.74) is 0.575. The van der Waals surface area contributed by atoms with E-state index >= 15 is 0 Å². The van der Waals surface area contributed by atoms with Gasteiger partial charge in [-0.15, -0.1) is 0 Å². The van der Waals surface area contributed by atoms with Gasteiger partial charge in [-0.1, -0.05) is 11.6 Å². The summed E-state index contributed by atoms with van der Waals surface area (Å²) < 4.78 is 1.53. The van der Waals surface area contributed by atoms with E-state index in [1.165, 1.54) is 4.68 Å². The van der Waals surface area contributed by atoms with Crippen LogP contribution in [0.3, 0.4) is 0 Å². The molecule has 3 heterocycles. The Labute approximate surface area is 106 Å². The molecule has 0 unspecified atom stereocenters. The maximum Gasteiger partial charge on any atom is 0.224 e. The number of nitrogens with zero attached hydrogens (tertiary/aromatic N) is 5. The molecule has 0 aliphatic carbocycles. The molecular formula is C10H5Cl2N5. The van der Waals surface area contributed by atoms with E-state index in [4.69, 9.17) is 23.2 Å². The van der Waals surface area contributed by atoms with Crippen LogP contribution >= 0.6 is 23.2 Å². The smallest absolute Gasteiger partial charge is 0.224 e. The molecule has 0 fully saturated rings. The standard InChI is InChI=1S/C10H5Cl2N5/c11-7-2-1-3-13-9(7)17-8-6(5-15-17)4-14-10(12)16-8/h1-5H. The average molecular weight is 266 g/mol. The van der Waals surface area contributed by atoms with Crippen molar-refractivity contribution in [2.75, 3.05) is 0 Å². The molecule has 7 heteroatoms. The van der Waals surface area contributed by atoms with Crippen molar-refractivity contribution in [2.24, 2.45) is 0 Å². The Hall–Kier alpha value is -1.72. The number of aromatic nitrogens is 5. The predicted molar refractivity (Wildman–Crippen MR) is 64.5 cm³/mol. The van der Waals surface area contributed by atoms with Crippen molar-refractivity contribution in [3.63, 3.8) is 0 Å². The second-order valence-corrected chi connectivity index (χ2v) is 4.03. The summed E-state index contributed by atoms with van der Waals surface area (Å²) >= 11 is 11.8. The first-order valence-electron chi connectivity index (χ1n) is 4.73. The maximum atomic E-state index is 6.06. The molecule has 0 saturated carbocycles. The van der Waals surface area contributed by atoms with E-state index in [1.54, 1.807) is 30.7 Å². The van der Waals surface area contributed by atoms with Gasteiger partial charge in [0.1, 0.15) is 0 Å². The molecule has 3 aromatic rings. The Morgan fingerprint density at radius 1 is 1.12 bits per heavy atom. The Balaban J connectivity index is 2.31. The molecule has 0 N–H and O–H groups in total. The van der Waals surface area contributed by atoms with Crippen LogP contribution in [0.15, 0.2) is 30.7 Å². The molecule has 0 aliphatic rings. The lowest BCUT2D eigenvalue weighted by Crippen LogP contribution is -2.01. The molecule has 0 aliphatic heterocycles. The van der Waals surface area contributed by atoms with Crippen LogP contribution in [-0.4, -0.2) is 24.7 Å². The summed E-state index contributed by atoms with van der Waals surface area (Å²) in [5.74, 6) is 0.513. The van der Waals surface area contributed by atoms with E-state index < -0.39 is 0 Å². The largest absolute Gasteiger partial charge is 0.236 e. The predicted octanol–water partition coefficient (Wildman–Crippen LogP) is 2.52. The lowest BCUT2D eigenvalue weighted by molar-refractivity contribution is 0.862.